The fraction of sp³-hybridized carbons (Fsp3) is 0.167. The van der Waals surface area contributed by atoms with E-state index in [1.54, 1.807) is 14.2 Å². The monoisotopic (exact) mass is 294 g/mol. The summed E-state index contributed by atoms with van der Waals surface area (Å²) in [5.41, 5.74) is 3.79. The molecular weight excluding hydrogens is 276 g/mol. The maximum atomic E-state index is 5.42. The van der Waals surface area contributed by atoms with Crippen LogP contribution in [0.15, 0.2) is 66.9 Å². The van der Waals surface area contributed by atoms with E-state index in [4.69, 9.17) is 14.6 Å². The summed E-state index contributed by atoms with van der Waals surface area (Å²) < 4.78 is 12.7. The van der Waals surface area contributed by atoms with Crippen LogP contribution in [0, 0.1) is 0 Å². The summed E-state index contributed by atoms with van der Waals surface area (Å²) in [7, 11) is 3.26. The predicted octanol–water partition coefficient (Wildman–Crippen LogP) is 3.83. The Balaban J connectivity index is 2.13. The lowest BCUT2D eigenvalue weighted by Gasteiger charge is -2.13. The minimum absolute atomic E-state index is 0.451. The topological polar surface area (TPSA) is 36.3 Å². The maximum absolute atomic E-state index is 5.42. The molecule has 0 aliphatic rings. The molecule has 0 saturated carbocycles. The number of hydrogen-bond acceptors (Lipinski definition) is 3. The van der Waals surface area contributed by atoms with Crippen molar-refractivity contribution in [3.05, 3.63) is 72.4 Å². The van der Waals surface area contributed by atoms with Crippen molar-refractivity contribution in [3.63, 3.8) is 0 Å². The second-order valence-corrected chi connectivity index (χ2v) is 4.88. The third kappa shape index (κ3) is 2.79. The molecular formula is C18H18N2O2. The summed E-state index contributed by atoms with van der Waals surface area (Å²) in [4.78, 5) is 0. The van der Waals surface area contributed by atoms with E-state index in [9.17, 15) is 0 Å². The molecule has 3 rings (SSSR count). The Kier molecular flexibility index (Phi) is 4.32. The molecule has 3 aromatic rings. The van der Waals surface area contributed by atoms with Crippen molar-refractivity contribution in [2.75, 3.05) is 14.2 Å². The van der Waals surface area contributed by atoms with E-state index in [1.165, 1.54) is 0 Å². The van der Waals surface area contributed by atoms with Crippen molar-refractivity contribution in [2.45, 2.75) is 6.29 Å². The van der Waals surface area contributed by atoms with E-state index >= 15 is 0 Å². The van der Waals surface area contributed by atoms with E-state index in [-0.39, 0.29) is 0 Å². The average molecular weight is 294 g/mol. The zero-order chi connectivity index (χ0) is 15.4. The second kappa shape index (κ2) is 6.56. The van der Waals surface area contributed by atoms with Gasteiger partial charge < -0.3 is 9.47 Å². The molecule has 0 aliphatic carbocycles. The molecule has 0 aliphatic heterocycles. The van der Waals surface area contributed by atoms with Crippen LogP contribution in [-0.4, -0.2) is 24.0 Å². The lowest BCUT2D eigenvalue weighted by atomic mass is 10.1. The Labute approximate surface area is 129 Å². The zero-order valence-corrected chi connectivity index (χ0v) is 12.6. The summed E-state index contributed by atoms with van der Waals surface area (Å²) in [6, 6.07) is 20.0. The second-order valence-electron chi connectivity index (χ2n) is 4.88. The third-order valence-electron chi connectivity index (χ3n) is 3.49. The van der Waals surface area contributed by atoms with Gasteiger partial charge in [0.1, 0.15) is 5.69 Å². The molecule has 0 fully saturated rings. The van der Waals surface area contributed by atoms with Crippen LogP contribution in [-0.2, 0) is 9.47 Å². The Hall–Kier alpha value is -2.43. The van der Waals surface area contributed by atoms with Gasteiger partial charge in [-0.2, -0.15) is 5.10 Å². The van der Waals surface area contributed by atoms with Crippen molar-refractivity contribution in [1.82, 2.24) is 9.78 Å². The van der Waals surface area contributed by atoms with Gasteiger partial charge in [0.05, 0.1) is 11.3 Å². The van der Waals surface area contributed by atoms with Gasteiger partial charge >= 0.3 is 0 Å². The van der Waals surface area contributed by atoms with Crippen molar-refractivity contribution in [2.24, 2.45) is 0 Å². The summed E-state index contributed by atoms with van der Waals surface area (Å²) in [6.07, 6.45) is 1.50. The van der Waals surface area contributed by atoms with Gasteiger partial charge in [-0.05, 0) is 12.1 Å². The van der Waals surface area contributed by atoms with Gasteiger partial charge in [0.2, 0.25) is 0 Å². The molecule has 1 aromatic heterocycles. The highest BCUT2D eigenvalue weighted by atomic mass is 16.7. The number of para-hydroxylation sites is 1. The summed E-state index contributed by atoms with van der Waals surface area (Å²) >= 11 is 0. The minimum Gasteiger partial charge on any atom is -0.352 e. The zero-order valence-electron chi connectivity index (χ0n) is 12.6. The molecule has 4 nitrogen and oxygen atoms in total. The summed E-state index contributed by atoms with van der Waals surface area (Å²) in [5.74, 6) is 0. The van der Waals surface area contributed by atoms with Crippen molar-refractivity contribution in [3.8, 4) is 16.9 Å². The molecule has 0 bridgehead atoms. The first-order valence-corrected chi connectivity index (χ1v) is 7.09. The third-order valence-corrected chi connectivity index (χ3v) is 3.49. The molecule has 0 N–H and O–H groups in total. The maximum Gasteiger partial charge on any atom is 0.186 e. The molecule has 1 heterocycles. The molecule has 0 amide bonds. The lowest BCUT2D eigenvalue weighted by molar-refractivity contribution is -0.105. The van der Waals surface area contributed by atoms with Gasteiger partial charge in [-0.3, -0.25) is 0 Å². The van der Waals surface area contributed by atoms with Crippen LogP contribution in [0.5, 0.6) is 0 Å². The molecule has 0 unspecified atom stereocenters. The SMILES string of the molecule is COC(OC)c1cn(-c2ccccc2)nc1-c1ccccc1. The normalized spacial score (nSPS) is 11.0. The summed E-state index contributed by atoms with van der Waals surface area (Å²) in [6.45, 7) is 0. The highest BCUT2D eigenvalue weighted by molar-refractivity contribution is 5.63. The van der Waals surface area contributed by atoms with E-state index in [1.807, 2.05) is 71.5 Å². The van der Waals surface area contributed by atoms with Crippen molar-refractivity contribution >= 4 is 0 Å². The number of methoxy groups -OCH3 is 2. The van der Waals surface area contributed by atoms with E-state index in [2.05, 4.69) is 0 Å². The molecule has 112 valence electrons. The van der Waals surface area contributed by atoms with Gasteiger partial charge in [0.25, 0.3) is 0 Å². The smallest absolute Gasteiger partial charge is 0.186 e. The Bertz CT molecular complexity index is 719. The number of aromatic nitrogens is 2. The summed E-state index contributed by atoms with van der Waals surface area (Å²) in [5, 5.41) is 4.72. The molecule has 0 spiro atoms. The van der Waals surface area contributed by atoms with E-state index in [0.717, 1.165) is 22.5 Å². The van der Waals surface area contributed by atoms with Crippen molar-refractivity contribution in [1.29, 1.82) is 0 Å². The van der Waals surface area contributed by atoms with Gasteiger partial charge in [-0.25, -0.2) is 4.68 Å². The number of benzene rings is 2. The van der Waals surface area contributed by atoms with Crippen LogP contribution in [0.1, 0.15) is 11.9 Å². The van der Waals surface area contributed by atoms with Crippen LogP contribution in [0.3, 0.4) is 0 Å². The van der Waals surface area contributed by atoms with Crippen LogP contribution in [0.25, 0.3) is 16.9 Å². The average Bonchev–Trinajstić information content (AvgIpc) is 3.03. The lowest BCUT2D eigenvalue weighted by Crippen LogP contribution is -2.04. The number of ether oxygens (including phenoxy) is 2. The number of hydrogen-bond donors (Lipinski definition) is 0. The van der Waals surface area contributed by atoms with Crippen molar-refractivity contribution < 1.29 is 9.47 Å². The molecule has 0 atom stereocenters. The van der Waals surface area contributed by atoms with Gasteiger partial charge in [-0.1, -0.05) is 48.5 Å². The Morgan fingerprint density at radius 2 is 1.45 bits per heavy atom. The van der Waals surface area contributed by atoms with Gasteiger partial charge in [-0.15, -0.1) is 0 Å². The fourth-order valence-corrected chi connectivity index (χ4v) is 2.44. The van der Waals surface area contributed by atoms with Crippen LogP contribution < -0.4 is 0 Å². The van der Waals surface area contributed by atoms with Crippen LogP contribution in [0.4, 0.5) is 0 Å². The van der Waals surface area contributed by atoms with Gasteiger partial charge in [0.15, 0.2) is 6.29 Å². The fourth-order valence-electron chi connectivity index (χ4n) is 2.44. The first-order chi connectivity index (χ1) is 10.8. The molecule has 4 heteroatoms. The molecule has 0 saturated heterocycles. The Morgan fingerprint density at radius 1 is 0.864 bits per heavy atom. The number of nitrogens with zero attached hydrogens (tertiary/aromatic N) is 2. The number of rotatable bonds is 5. The molecule has 2 aromatic carbocycles. The van der Waals surface area contributed by atoms with Gasteiger partial charge in [0, 0.05) is 26.0 Å². The quantitative estimate of drug-likeness (QED) is 0.671. The van der Waals surface area contributed by atoms with E-state index < -0.39 is 6.29 Å². The first-order valence-electron chi connectivity index (χ1n) is 7.09. The minimum atomic E-state index is -0.451. The molecule has 0 radical (unpaired) electrons. The van der Waals surface area contributed by atoms with Crippen LogP contribution in [0.2, 0.25) is 0 Å². The first kappa shape index (κ1) is 14.5. The molecule has 22 heavy (non-hydrogen) atoms. The largest absolute Gasteiger partial charge is 0.352 e. The standard InChI is InChI=1S/C18H18N2O2/c1-21-18(22-2)16-13-20(15-11-7-4-8-12-15)19-17(16)14-9-5-3-6-10-14/h3-13,18H,1-2H3. The highest BCUT2D eigenvalue weighted by Gasteiger charge is 2.20. The van der Waals surface area contributed by atoms with E-state index in [0.29, 0.717) is 0 Å². The highest BCUT2D eigenvalue weighted by Crippen LogP contribution is 2.30. The Morgan fingerprint density at radius 3 is 2.05 bits per heavy atom. The predicted molar refractivity (Wildman–Crippen MR) is 85.8 cm³/mol. The van der Waals surface area contributed by atoms with Crippen LogP contribution >= 0.6 is 0 Å².